The fraction of sp³-hybridized carbons (Fsp3) is 0.688. The van der Waals surface area contributed by atoms with Gasteiger partial charge in [0.25, 0.3) is 5.91 Å². The average molecular weight is 299 g/mol. The molecule has 5 rings (SSSR count). The normalized spacial score (nSPS) is 30.6. The summed E-state index contributed by atoms with van der Waals surface area (Å²) in [5.74, 6) is 1.71. The number of aromatic nitrogens is 2. The van der Waals surface area contributed by atoms with E-state index >= 15 is 0 Å². The highest BCUT2D eigenvalue weighted by atomic mass is 16.2. The van der Waals surface area contributed by atoms with Crippen molar-refractivity contribution in [3.63, 3.8) is 0 Å². The third-order valence-electron chi connectivity index (χ3n) is 5.80. The Morgan fingerprint density at radius 2 is 1.95 bits per heavy atom. The van der Waals surface area contributed by atoms with Crippen molar-refractivity contribution in [3.8, 4) is 0 Å². The monoisotopic (exact) mass is 299 g/mol. The fourth-order valence-electron chi connectivity index (χ4n) is 4.67. The second-order valence-corrected chi connectivity index (χ2v) is 6.99. The topological polar surface area (TPSA) is 53.7 Å². The van der Waals surface area contributed by atoms with Gasteiger partial charge in [0.05, 0.1) is 18.4 Å². The smallest absolute Gasteiger partial charge is 0.280 e. The molecule has 6 heteroatoms. The molecule has 0 aromatic carbocycles. The molecule has 1 aromatic rings. The van der Waals surface area contributed by atoms with E-state index in [1.165, 1.54) is 19.3 Å². The molecule has 6 nitrogen and oxygen atoms in total. The summed E-state index contributed by atoms with van der Waals surface area (Å²) in [6.07, 6.45) is 10.2. The van der Waals surface area contributed by atoms with E-state index in [9.17, 15) is 4.79 Å². The number of carbonyl (C=O) groups is 1. The molecule has 0 bridgehead atoms. The highest BCUT2D eigenvalue weighted by Gasteiger charge is 2.48. The minimum atomic E-state index is 0.0503. The van der Waals surface area contributed by atoms with E-state index in [2.05, 4.69) is 14.5 Å². The third-order valence-corrected chi connectivity index (χ3v) is 5.80. The molecule has 1 aromatic heterocycles. The lowest BCUT2D eigenvalue weighted by atomic mass is 10.1. The molecular weight excluding hydrogens is 278 g/mol. The lowest BCUT2D eigenvalue weighted by Gasteiger charge is -2.34. The Hall–Kier alpha value is -1.85. The molecule has 1 amide bonds. The molecule has 3 heterocycles. The van der Waals surface area contributed by atoms with Gasteiger partial charge in [-0.1, -0.05) is 12.8 Å². The molecule has 0 unspecified atom stereocenters. The Labute approximate surface area is 129 Å². The van der Waals surface area contributed by atoms with E-state index < -0.39 is 0 Å². The predicted octanol–water partition coefficient (Wildman–Crippen LogP) is 2.18. The van der Waals surface area contributed by atoms with Gasteiger partial charge in [-0.3, -0.25) is 14.6 Å². The van der Waals surface area contributed by atoms with Gasteiger partial charge in [-0.15, -0.1) is 0 Å². The summed E-state index contributed by atoms with van der Waals surface area (Å²) in [6.45, 7) is 0. The fourth-order valence-corrected chi connectivity index (χ4v) is 4.67. The number of rotatable bonds is 1. The zero-order chi connectivity index (χ0) is 14.8. The van der Waals surface area contributed by atoms with Gasteiger partial charge in [0.1, 0.15) is 0 Å². The highest BCUT2D eigenvalue weighted by molar-refractivity contribution is 6.18. The van der Waals surface area contributed by atoms with Gasteiger partial charge < -0.3 is 4.57 Å². The molecule has 0 saturated heterocycles. The SMILES string of the molecule is CN1C(=O)c2c(ncn2C2CCCC2)N2C1=N[C@@H]1CCC[C@@H]12. The second kappa shape index (κ2) is 4.33. The summed E-state index contributed by atoms with van der Waals surface area (Å²) in [5.41, 5.74) is 0.779. The molecule has 2 aliphatic carbocycles. The summed E-state index contributed by atoms with van der Waals surface area (Å²) in [4.78, 5) is 26.3. The number of fused-ring (bicyclic) bond motifs is 5. The zero-order valence-electron chi connectivity index (χ0n) is 12.9. The molecule has 2 aliphatic heterocycles. The Morgan fingerprint density at radius 3 is 2.77 bits per heavy atom. The molecule has 0 radical (unpaired) electrons. The number of nitrogens with zero attached hydrogens (tertiary/aromatic N) is 5. The molecular formula is C16H21N5O. The average Bonchev–Trinajstić information content (AvgIpc) is 3.23. The number of guanidine groups is 1. The van der Waals surface area contributed by atoms with Gasteiger partial charge in [-0.05, 0) is 32.1 Å². The van der Waals surface area contributed by atoms with Crippen molar-refractivity contribution in [2.45, 2.75) is 63.1 Å². The lowest BCUT2D eigenvalue weighted by Crippen LogP contribution is -2.51. The minimum absolute atomic E-state index is 0.0503. The van der Waals surface area contributed by atoms with E-state index in [1.807, 2.05) is 13.4 Å². The van der Waals surface area contributed by atoms with Gasteiger partial charge in [0.15, 0.2) is 11.5 Å². The molecule has 116 valence electrons. The maximum Gasteiger partial charge on any atom is 0.280 e. The van der Waals surface area contributed by atoms with Crippen LogP contribution >= 0.6 is 0 Å². The van der Waals surface area contributed by atoms with Crippen molar-refractivity contribution in [3.05, 3.63) is 12.0 Å². The summed E-state index contributed by atoms with van der Waals surface area (Å²) in [7, 11) is 1.85. The zero-order valence-corrected chi connectivity index (χ0v) is 12.9. The van der Waals surface area contributed by atoms with Crippen molar-refractivity contribution < 1.29 is 4.79 Å². The van der Waals surface area contributed by atoms with Crippen LogP contribution < -0.4 is 4.90 Å². The van der Waals surface area contributed by atoms with Crippen molar-refractivity contribution in [1.29, 1.82) is 0 Å². The maximum absolute atomic E-state index is 12.9. The largest absolute Gasteiger partial charge is 0.322 e. The lowest BCUT2D eigenvalue weighted by molar-refractivity contribution is 0.0852. The first-order valence-corrected chi connectivity index (χ1v) is 8.47. The number of hydrogen-bond donors (Lipinski definition) is 0. The highest BCUT2D eigenvalue weighted by Crippen LogP contribution is 2.41. The molecule has 4 aliphatic rings. The van der Waals surface area contributed by atoms with Gasteiger partial charge in [-0.2, -0.15) is 0 Å². The molecule has 2 saturated carbocycles. The number of anilines is 1. The number of amides is 1. The first-order valence-electron chi connectivity index (χ1n) is 8.47. The number of carbonyl (C=O) groups excluding carboxylic acids is 1. The van der Waals surface area contributed by atoms with Crippen molar-refractivity contribution in [1.82, 2.24) is 14.5 Å². The Balaban J connectivity index is 1.64. The van der Waals surface area contributed by atoms with Crippen LogP contribution in [0.4, 0.5) is 5.82 Å². The number of hydrogen-bond acceptors (Lipinski definition) is 4. The first kappa shape index (κ1) is 12.7. The van der Waals surface area contributed by atoms with Crippen LogP contribution in [0.5, 0.6) is 0 Å². The van der Waals surface area contributed by atoms with Crippen LogP contribution in [0.15, 0.2) is 11.3 Å². The van der Waals surface area contributed by atoms with Gasteiger partial charge in [0, 0.05) is 13.1 Å². The van der Waals surface area contributed by atoms with Crippen LogP contribution in [0.2, 0.25) is 0 Å². The van der Waals surface area contributed by atoms with E-state index in [4.69, 9.17) is 4.99 Å². The van der Waals surface area contributed by atoms with Crippen LogP contribution in [0, 0.1) is 0 Å². The van der Waals surface area contributed by atoms with Crippen molar-refractivity contribution in [2.24, 2.45) is 4.99 Å². The van der Waals surface area contributed by atoms with Crippen molar-refractivity contribution in [2.75, 3.05) is 11.9 Å². The van der Waals surface area contributed by atoms with Crippen LogP contribution in [-0.2, 0) is 0 Å². The molecule has 2 atom stereocenters. The van der Waals surface area contributed by atoms with Gasteiger partial charge in [-0.25, -0.2) is 9.98 Å². The van der Waals surface area contributed by atoms with Crippen LogP contribution in [0.3, 0.4) is 0 Å². The first-order chi connectivity index (χ1) is 10.8. The molecule has 0 N–H and O–H groups in total. The van der Waals surface area contributed by atoms with Crippen molar-refractivity contribution >= 4 is 17.7 Å². The molecule has 22 heavy (non-hydrogen) atoms. The van der Waals surface area contributed by atoms with E-state index in [0.29, 0.717) is 18.1 Å². The van der Waals surface area contributed by atoms with E-state index in [1.54, 1.807) is 4.90 Å². The van der Waals surface area contributed by atoms with Gasteiger partial charge in [0.2, 0.25) is 5.96 Å². The predicted molar refractivity (Wildman–Crippen MR) is 83.2 cm³/mol. The van der Waals surface area contributed by atoms with Crippen LogP contribution in [0.25, 0.3) is 0 Å². The quantitative estimate of drug-likeness (QED) is 0.798. The molecule has 2 fully saturated rings. The minimum Gasteiger partial charge on any atom is -0.322 e. The third kappa shape index (κ3) is 1.48. The number of imidazole rings is 1. The summed E-state index contributed by atoms with van der Waals surface area (Å²) in [5, 5.41) is 0. The summed E-state index contributed by atoms with van der Waals surface area (Å²) >= 11 is 0. The Morgan fingerprint density at radius 1 is 1.14 bits per heavy atom. The van der Waals surface area contributed by atoms with E-state index in [0.717, 1.165) is 43.2 Å². The van der Waals surface area contributed by atoms with E-state index in [-0.39, 0.29) is 5.91 Å². The van der Waals surface area contributed by atoms with Gasteiger partial charge >= 0.3 is 0 Å². The maximum atomic E-state index is 12.9. The second-order valence-electron chi connectivity index (χ2n) is 6.99. The summed E-state index contributed by atoms with van der Waals surface area (Å²) < 4.78 is 2.14. The summed E-state index contributed by atoms with van der Waals surface area (Å²) in [6, 6.07) is 1.18. The van der Waals surface area contributed by atoms with Crippen LogP contribution in [-0.4, -0.2) is 45.4 Å². The number of aliphatic imine (C=N–C) groups is 1. The Bertz CT molecular complexity index is 672. The Kier molecular flexibility index (Phi) is 2.50. The standard InChI is InChI=1S/C16H21N5O/c1-19-15(22)13-14(17-9-20(13)10-5-2-3-6-10)21-12-8-4-7-11(12)18-16(19)21/h9-12H,2-8H2,1H3/t11-,12+/m1/s1. The van der Waals surface area contributed by atoms with Crippen LogP contribution in [0.1, 0.15) is 61.5 Å². The molecule has 0 spiro atoms.